The van der Waals surface area contributed by atoms with Crippen molar-refractivity contribution in [2.75, 3.05) is 26.3 Å². The summed E-state index contributed by atoms with van der Waals surface area (Å²) in [7, 11) is 0. The van der Waals surface area contributed by atoms with Crippen LogP contribution in [0.25, 0.3) is 0 Å². The van der Waals surface area contributed by atoms with Crippen molar-refractivity contribution in [1.29, 1.82) is 0 Å². The largest absolute Gasteiger partial charge is 0.379 e. The van der Waals surface area contributed by atoms with Gasteiger partial charge in [0.1, 0.15) is 0 Å². The number of ether oxygens (including phenoxy) is 1. The molecular weight excluding hydrogens is 198 g/mol. The number of hydrogen-bond acceptors (Lipinski definition) is 2. The molecule has 0 radical (unpaired) electrons. The van der Waals surface area contributed by atoms with E-state index in [0.717, 1.165) is 26.3 Å². The molecule has 0 aliphatic carbocycles. The average Bonchev–Trinajstić information content (AvgIpc) is 2.31. The van der Waals surface area contributed by atoms with Crippen molar-refractivity contribution in [3.8, 4) is 0 Å². The predicted molar refractivity (Wildman–Crippen MR) is 69.8 cm³/mol. The second-order valence-electron chi connectivity index (χ2n) is 5.07. The van der Waals surface area contributed by atoms with Crippen LogP contribution in [0.15, 0.2) is 0 Å². The van der Waals surface area contributed by atoms with Crippen LogP contribution in [0.4, 0.5) is 0 Å². The van der Waals surface area contributed by atoms with E-state index in [2.05, 4.69) is 25.7 Å². The quantitative estimate of drug-likeness (QED) is 0.660. The Morgan fingerprint density at radius 2 is 1.31 bits per heavy atom. The third-order valence-corrected chi connectivity index (χ3v) is 3.83. The zero-order valence-electron chi connectivity index (χ0n) is 11.4. The molecule has 1 saturated heterocycles. The van der Waals surface area contributed by atoms with E-state index in [9.17, 15) is 0 Å². The summed E-state index contributed by atoms with van der Waals surface area (Å²) < 4.78 is 5.49. The summed E-state index contributed by atoms with van der Waals surface area (Å²) in [6.07, 6.45) is 7.98. The topological polar surface area (TPSA) is 12.5 Å². The zero-order valence-corrected chi connectivity index (χ0v) is 11.4. The third kappa shape index (κ3) is 3.46. The van der Waals surface area contributed by atoms with E-state index in [0.29, 0.717) is 5.54 Å². The molecule has 2 heteroatoms. The second kappa shape index (κ2) is 7.29. The molecule has 0 amide bonds. The van der Waals surface area contributed by atoms with Crippen LogP contribution in [-0.4, -0.2) is 36.7 Å². The molecule has 96 valence electrons. The summed E-state index contributed by atoms with van der Waals surface area (Å²) in [6.45, 7) is 11.1. The van der Waals surface area contributed by atoms with Crippen LogP contribution in [-0.2, 0) is 4.74 Å². The van der Waals surface area contributed by atoms with Gasteiger partial charge < -0.3 is 4.74 Å². The normalized spacial score (nSPS) is 18.9. The molecule has 1 aliphatic heterocycles. The number of rotatable bonds is 7. The average molecular weight is 227 g/mol. The Balaban J connectivity index is 2.70. The van der Waals surface area contributed by atoms with Crippen LogP contribution in [0.3, 0.4) is 0 Å². The van der Waals surface area contributed by atoms with Crippen LogP contribution < -0.4 is 0 Å². The first kappa shape index (κ1) is 14.0. The lowest BCUT2D eigenvalue weighted by molar-refractivity contribution is -0.0343. The molecule has 0 N–H and O–H groups in total. The lowest BCUT2D eigenvalue weighted by atomic mass is 9.82. The van der Waals surface area contributed by atoms with Crippen LogP contribution >= 0.6 is 0 Å². The molecule has 0 aromatic heterocycles. The Labute approximate surface area is 101 Å². The van der Waals surface area contributed by atoms with Gasteiger partial charge in [0.15, 0.2) is 0 Å². The lowest BCUT2D eigenvalue weighted by Gasteiger charge is -2.46. The molecule has 16 heavy (non-hydrogen) atoms. The highest BCUT2D eigenvalue weighted by Gasteiger charge is 2.34. The molecule has 0 saturated carbocycles. The van der Waals surface area contributed by atoms with Gasteiger partial charge in [-0.2, -0.15) is 0 Å². The number of nitrogens with zero attached hydrogens (tertiary/aromatic N) is 1. The van der Waals surface area contributed by atoms with Crippen LogP contribution in [0, 0.1) is 0 Å². The summed E-state index contributed by atoms with van der Waals surface area (Å²) in [5.41, 5.74) is 0.474. The second-order valence-corrected chi connectivity index (χ2v) is 5.07. The van der Waals surface area contributed by atoms with Gasteiger partial charge in [0.2, 0.25) is 0 Å². The Hall–Kier alpha value is -0.0800. The highest BCUT2D eigenvalue weighted by molar-refractivity contribution is 4.90. The lowest BCUT2D eigenvalue weighted by Crippen LogP contribution is -2.53. The van der Waals surface area contributed by atoms with Crippen molar-refractivity contribution in [2.24, 2.45) is 0 Å². The van der Waals surface area contributed by atoms with Gasteiger partial charge >= 0.3 is 0 Å². The molecule has 1 heterocycles. The van der Waals surface area contributed by atoms with Crippen LogP contribution in [0.1, 0.15) is 59.3 Å². The van der Waals surface area contributed by atoms with Gasteiger partial charge in [-0.05, 0) is 19.3 Å². The first-order valence-electron chi connectivity index (χ1n) is 7.12. The van der Waals surface area contributed by atoms with Crippen LogP contribution in [0.5, 0.6) is 0 Å². The molecule has 1 aliphatic rings. The van der Waals surface area contributed by atoms with Crippen molar-refractivity contribution in [3.05, 3.63) is 0 Å². The molecular formula is C14H29NO. The van der Waals surface area contributed by atoms with E-state index < -0.39 is 0 Å². The minimum Gasteiger partial charge on any atom is -0.379 e. The van der Waals surface area contributed by atoms with E-state index in [-0.39, 0.29) is 0 Å². The van der Waals surface area contributed by atoms with Gasteiger partial charge in [-0.25, -0.2) is 0 Å². The summed E-state index contributed by atoms with van der Waals surface area (Å²) in [6, 6.07) is 0. The van der Waals surface area contributed by atoms with Crippen molar-refractivity contribution in [2.45, 2.75) is 64.8 Å². The third-order valence-electron chi connectivity index (χ3n) is 3.83. The summed E-state index contributed by atoms with van der Waals surface area (Å²) in [4.78, 5) is 2.72. The van der Waals surface area contributed by atoms with Gasteiger partial charge in [0.05, 0.1) is 13.2 Å². The number of morpholine rings is 1. The summed E-state index contributed by atoms with van der Waals surface area (Å²) >= 11 is 0. The minimum atomic E-state index is 0.474. The van der Waals surface area contributed by atoms with E-state index in [1.807, 2.05) is 0 Å². The van der Waals surface area contributed by atoms with Crippen LogP contribution in [0.2, 0.25) is 0 Å². The summed E-state index contributed by atoms with van der Waals surface area (Å²) in [5.74, 6) is 0. The highest BCUT2D eigenvalue weighted by atomic mass is 16.5. The van der Waals surface area contributed by atoms with Crippen molar-refractivity contribution >= 4 is 0 Å². The Morgan fingerprint density at radius 1 is 0.875 bits per heavy atom. The fraction of sp³-hybridized carbons (Fsp3) is 1.00. The fourth-order valence-electron chi connectivity index (χ4n) is 3.28. The molecule has 1 rings (SSSR count). The molecule has 0 bridgehead atoms. The van der Waals surface area contributed by atoms with Gasteiger partial charge in [-0.15, -0.1) is 0 Å². The monoisotopic (exact) mass is 227 g/mol. The Morgan fingerprint density at radius 3 is 1.69 bits per heavy atom. The molecule has 0 unspecified atom stereocenters. The van der Waals surface area contributed by atoms with E-state index >= 15 is 0 Å². The number of hydrogen-bond donors (Lipinski definition) is 0. The smallest absolute Gasteiger partial charge is 0.0594 e. The maximum absolute atomic E-state index is 5.49. The Kier molecular flexibility index (Phi) is 6.37. The highest BCUT2D eigenvalue weighted by Crippen LogP contribution is 2.32. The minimum absolute atomic E-state index is 0.474. The fourth-order valence-corrected chi connectivity index (χ4v) is 3.28. The zero-order chi connectivity index (χ0) is 11.9. The van der Waals surface area contributed by atoms with Gasteiger partial charge in [-0.1, -0.05) is 40.0 Å². The van der Waals surface area contributed by atoms with Crippen molar-refractivity contribution in [3.63, 3.8) is 0 Å². The summed E-state index contributed by atoms with van der Waals surface area (Å²) in [5, 5.41) is 0. The Bertz CT molecular complexity index is 159. The predicted octanol–water partition coefficient (Wildman–Crippen LogP) is 3.46. The molecule has 0 aromatic rings. The molecule has 0 aromatic carbocycles. The first-order chi connectivity index (χ1) is 7.79. The first-order valence-corrected chi connectivity index (χ1v) is 7.12. The van der Waals surface area contributed by atoms with Crippen molar-refractivity contribution < 1.29 is 4.74 Å². The van der Waals surface area contributed by atoms with E-state index in [1.165, 1.54) is 38.5 Å². The molecule has 2 nitrogen and oxygen atoms in total. The maximum Gasteiger partial charge on any atom is 0.0594 e. The SMILES string of the molecule is CCCC(CCC)(CCC)N1CCOCC1. The van der Waals surface area contributed by atoms with E-state index in [4.69, 9.17) is 4.74 Å². The standard InChI is InChI=1S/C14H29NO/c1-4-7-14(8-5-2,9-6-3)15-10-12-16-13-11-15/h4-13H2,1-3H3. The van der Waals surface area contributed by atoms with Gasteiger partial charge in [0, 0.05) is 18.6 Å². The molecule has 0 atom stereocenters. The molecule has 1 fully saturated rings. The maximum atomic E-state index is 5.49. The molecule has 0 spiro atoms. The van der Waals surface area contributed by atoms with E-state index in [1.54, 1.807) is 0 Å². The van der Waals surface area contributed by atoms with Crippen molar-refractivity contribution in [1.82, 2.24) is 4.90 Å². The van der Waals surface area contributed by atoms with Gasteiger partial charge in [0.25, 0.3) is 0 Å². The van der Waals surface area contributed by atoms with Gasteiger partial charge in [-0.3, -0.25) is 4.90 Å².